The van der Waals surface area contributed by atoms with Gasteiger partial charge in [0.2, 0.25) is 11.8 Å². The molecule has 22 heavy (non-hydrogen) atoms. The van der Waals surface area contributed by atoms with Crippen LogP contribution in [0.5, 0.6) is 0 Å². The molecule has 5 nitrogen and oxygen atoms in total. The molecule has 1 atom stereocenters. The lowest BCUT2D eigenvalue weighted by Crippen LogP contribution is -2.55. The number of benzene rings is 1. The highest BCUT2D eigenvalue weighted by Gasteiger charge is 2.33. The molecule has 2 amide bonds. The normalized spacial score (nSPS) is 22.7. The number of amides is 2. The Morgan fingerprint density at radius 1 is 1.18 bits per heavy atom. The molecule has 0 aliphatic carbocycles. The Balaban J connectivity index is 1.61. The first-order chi connectivity index (χ1) is 10.6. The Kier molecular flexibility index (Phi) is 4.64. The van der Waals surface area contributed by atoms with Gasteiger partial charge in [0.1, 0.15) is 0 Å². The van der Waals surface area contributed by atoms with Gasteiger partial charge in [0.15, 0.2) is 0 Å². The van der Waals surface area contributed by atoms with Crippen molar-refractivity contribution < 1.29 is 9.59 Å². The van der Waals surface area contributed by atoms with Crippen molar-refractivity contribution in [3.8, 4) is 0 Å². The first-order valence-corrected chi connectivity index (χ1v) is 8.05. The maximum atomic E-state index is 12.5. The molecule has 2 heterocycles. The van der Waals surface area contributed by atoms with E-state index in [0.717, 1.165) is 18.7 Å². The van der Waals surface area contributed by atoms with E-state index in [-0.39, 0.29) is 17.9 Å². The second kappa shape index (κ2) is 6.67. The van der Waals surface area contributed by atoms with E-state index in [9.17, 15) is 9.59 Å². The topological polar surface area (TPSA) is 52.7 Å². The van der Waals surface area contributed by atoms with Gasteiger partial charge in [0.05, 0.1) is 12.5 Å². The summed E-state index contributed by atoms with van der Waals surface area (Å²) in [5.41, 5.74) is 0.967. The monoisotopic (exact) mass is 321 g/mol. The van der Waals surface area contributed by atoms with Crippen LogP contribution in [0.3, 0.4) is 0 Å². The molecule has 0 aromatic heterocycles. The maximum absolute atomic E-state index is 12.5. The summed E-state index contributed by atoms with van der Waals surface area (Å²) < 4.78 is 0. The molecular formula is C16H20ClN3O2. The van der Waals surface area contributed by atoms with Gasteiger partial charge in [-0.05, 0) is 24.1 Å². The molecule has 2 aliphatic heterocycles. The van der Waals surface area contributed by atoms with E-state index in [1.165, 1.54) is 0 Å². The van der Waals surface area contributed by atoms with Gasteiger partial charge in [-0.1, -0.05) is 23.7 Å². The number of rotatable bonds is 2. The number of nitrogens with zero attached hydrogens (tertiary/aromatic N) is 2. The van der Waals surface area contributed by atoms with Crippen LogP contribution in [0.25, 0.3) is 0 Å². The van der Waals surface area contributed by atoms with Crippen LogP contribution in [0.4, 0.5) is 0 Å². The Labute approximate surface area is 135 Å². The minimum absolute atomic E-state index is 0.0814. The van der Waals surface area contributed by atoms with Crippen molar-refractivity contribution in [2.75, 3.05) is 32.7 Å². The minimum atomic E-state index is -0.0814. The molecule has 1 aromatic rings. The van der Waals surface area contributed by atoms with Gasteiger partial charge in [-0.25, -0.2) is 0 Å². The van der Waals surface area contributed by atoms with Crippen molar-refractivity contribution in [3.63, 3.8) is 0 Å². The van der Waals surface area contributed by atoms with E-state index >= 15 is 0 Å². The van der Waals surface area contributed by atoms with Gasteiger partial charge >= 0.3 is 0 Å². The molecule has 6 heteroatoms. The lowest BCUT2D eigenvalue weighted by Gasteiger charge is -2.32. The third-order valence-corrected chi connectivity index (χ3v) is 4.64. The predicted molar refractivity (Wildman–Crippen MR) is 84.7 cm³/mol. The zero-order valence-corrected chi connectivity index (χ0v) is 13.2. The summed E-state index contributed by atoms with van der Waals surface area (Å²) in [5, 5.41) is 3.58. The van der Waals surface area contributed by atoms with Gasteiger partial charge < -0.3 is 10.2 Å². The Hall–Kier alpha value is -1.59. The second-order valence-corrected chi connectivity index (χ2v) is 6.25. The van der Waals surface area contributed by atoms with E-state index in [1.54, 1.807) is 12.1 Å². The van der Waals surface area contributed by atoms with Crippen molar-refractivity contribution in [2.45, 2.75) is 18.9 Å². The van der Waals surface area contributed by atoms with Gasteiger partial charge in [-0.2, -0.15) is 0 Å². The largest absolute Gasteiger partial charge is 0.353 e. The smallest absolute Gasteiger partial charge is 0.237 e. The molecule has 1 N–H and O–H groups in total. The first kappa shape index (κ1) is 15.3. The van der Waals surface area contributed by atoms with Crippen molar-refractivity contribution in [3.05, 3.63) is 34.9 Å². The fourth-order valence-electron chi connectivity index (χ4n) is 3.12. The number of hydrogen-bond acceptors (Lipinski definition) is 3. The van der Waals surface area contributed by atoms with E-state index in [4.69, 9.17) is 11.6 Å². The number of halogens is 1. The van der Waals surface area contributed by atoms with Crippen LogP contribution in [0.15, 0.2) is 24.3 Å². The molecular weight excluding hydrogens is 302 g/mol. The number of carbonyl (C=O) groups is 2. The molecule has 0 spiro atoms. The minimum Gasteiger partial charge on any atom is -0.353 e. The van der Waals surface area contributed by atoms with Gasteiger partial charge in [0.25, 0.3) is 0 Å². The quantitative estimate of drug-likeness (QED) is 0.881. The number of carbonyl (C=O) groups excluding carboxylic acids is 2. The summed E-state index contributed by atoms with van der Waals surface area (Å²) in [6.45, 7) is 3.67. The molecule has 2 saturated heterocycles. The molecule has 0 saturated carbocycles. The van der Waals surface area contributed by atoms with E-state index in [1.807, 2.05) is 17.0 Å². The van der Waals surface area contributed by atoms with Crippen molar-refractivity contribution in [1.82, 2.24) is 15.1 Å². The summed E-state index contributed by atoms with van der Waals surface area (Å²) >= 11 is 5.86. The summed E-state index contributed by atoms with van der Waals surface area (Å²) in [5.74, 6) is 0.209. The van der Waals surface area contributed by atoms with E-state index in [0.29, 0.717) is 37.5 Å². The van der Waals surface area contributed by atoms with Crippen LogP contribution < -0.4 is 5.32 Å². The number of piperazine rings is 1. The third kappa shape index (κ3) is 3.42. The summed E-state index contributed by atoms with van der Waals surface area (Å²) in [6, 6.07) is 7.29. The first-order valence-electron chi connectivity index (χ1n) is 7.67. The van der Waals surface area contributed by atoms with Gasteiger partial charge in [0, 0.05) is 37.7 Å². The molecule has 3 rings (SSSR count). The van der Waals surface area contributed by atoms with Crippen molar-refractivity contribution >= 4 is 23.4 Å². The average Bonchev–Trinajstić information content (AvgIpc) is 2.73. The predicted octanol–water partition coefficient (Wildman–Crippen LogP) is 0.915. The van der Waals surface area contributed by atoms with Gasteiger partial charge in [-0.15, -0.1) is 0 Å². The molecule has 0 unspecified atom stereocenters. The van der Waals surface area contributed by atoms with Crippen molar-refractivity contribution in [1.29, 1.82) is 0 Å². The molecule has 0 bridgehead atoms. The summed E-state index contributed by atoms with van der Waals surface area (Å²) in [6.07, 6.45) is 1.09. The fourth-order valence-corrected chi connectivity index (χ4v) is 3.25. The van der Waals surface area contributed by atoms with Crippen LogP contribution >= 0.6 is 11.6 Å². The highest BCUT2D eigenvalue weighted by atomic mass is 35.5. The zero-order valence-electron chi connectivity index (χ0n) is 12.4. The molecule has 0 radical (unpaired) electrons. The number of hydrogen-bond donors (Lipinski definition) is 1. The van der Waals surface area contributed by atoms with Crippen LogP contribution in [0, 0.1) is 0 Å². The molecule has 2 aliphatic rings. The molecule has 1 aromatic carbocycles. The molecule has 118 valence electrons. The maximum Gasteiger partial charge on any atom is 0.237 e. The van der Waals surface area contributed by atoms with Gasteiger partial charge in [-0.3, -0.25) is 14.5 Å². The van der Waals surface area contributed by atoms with Crippen LogP contribution in [-0.4, -0.2) is 60.4 Å². The van der Waals surface area contributed by atoms with Crippen LogP contribution in [0.2, 0.25) is 5.02 Å². The SMILES string of the molecule is O=C1NCCN2CCN(C(=O)Cc3ccc(Cl)cc3)CC[C@@H]12. The second-order valence-electron chi connectivity index (χ2n) is 5.82. The summed E-state index contributed by atoms with van der Waals surface area (Å²) in [7, 11) is 0. The van der Waals surface area contributed by atoms with Crippen LogP contribution in [-0.2, 0) is 16.0 Å². The van der Waals surface area contributed by atoms with E-state index in [2.05, 4.69) is 10.2 Å². The van der Waals surface area contributed by atoms with Crippen LogP contribution in [0.1, 0.15) is 12.0 Å². The Bertz CT molecular complexity index is 561. The standard InChI is InChI=1S/C16H20ClN3O2/c17-13-3-1-12(2-4-13)11-15(21)20-7-5-14-16(22)18-6-8-19(14)9-10-20/h1-4,14H,5-11H2,(H,18,22)/t14-/m0/s1. The Morgan fingerprint density at radius 3 is 2.73 bits per heavy atom. The fraction of sp³-hybridized carbons (Fsp3) is 0.500. The Morgan fingerprint density at radius 2 is 1.95 bits per heavy atom. The number of fused-ring (bicyclic) bond motifs is 1. The van der Waals surface area contributed by atoms with Crippen molar-refractivity contribution in [2.24, 2.45) is 0 Å². The highest BCUT2D eigenvalue weighted by molar-refractivity contribution is 6.30. The highest BCUT2D eigenvalue weighted by Crippen LogP contribution is 2.15. The average molecular weight is 322 g/mol. The summed E-state index contributed by atoms with van der Waals surface area (Å²) in [4.78, 5) is 28.4. The molecule has 2 fully saturated rings. The number of nitrogens with one attached hydrogen (secondary N) is 1. The zero-order chi connectivity index (χ0) is 15.5. The van der Waals surface area contributed by atoms with E-state index < -0.39 is 0 Å². The lowest BCUT2D eigenvalue weighted by atomic mass is 10.1. The third-order valence-electron chi connectivity index (χ3n) is 4.39. The lowest BCUT2D eigenvalue weighted by molar-refractivity contribution is -0.131.